The van der Waals surface area contributed by atoms with E-state index in [-0.39, 0.29) is 0 Å². The Morgan fingerprint density at radius 3 is 2.44 bits per heavy atom. The maximum absolute atomic E-state index is 4.24. The van der Waals surface area contributed by atoms with Gasteiger partial charge in [0.1, 0.15) is 0 Å². The van der Waals surface area contributed by atoms with Crippen molar-refractivity contribution in [1.82, 2.24) is 20.3 Å². The van der Waals surface area contributed by atoms with E-state index in [1.807, 2.05) is 14.1 Å². The smallest absolute Gasteiger partial charge is 0.0996 e. The van der Waals surface area contributed by atoms with E-state index in [4.69, 9.17) is 0 Å². The molecule has 18 heavy (non-hydrogen) atoms. The largest absolute Gasteiger partial charge is 0.303 e. The van der Waals surface area contributed by atoms with Gasteiger partial charge in [-0.2, -0.15) is 15.4 Å². The molecule has 2 rings (SSSR count). The summed E-state index contributed by atoms with van der Waals surface area (Å²) in [6, 6.07) is 10.6. The average molecular weight is 244 g/mol. The van der Waals surface area contributed by atoms with Crippen LogP contribution in [0.15, 0.2) is 30.3 Å². The SMILES string of the molecule is CN(C)Cc1n[nH]nc1CCCc1ccccc1. The van der Waals surface area contributed by atoms with Crippen LogP contribution in [0.1, 0.15) is 23.4 Å². The molecule has 0 atom stereocenters. The molecular formula is C14H20N4. The predicted molar refractivity (Wildman–Crippen MR) is 72.2 cm³/mol. The highest BCUT2D eigenvalue weighted by atomic mass is 15.3. The van der Waals surface area contributed by atoms with Gasteiger partial charge < -0.3 is 4.90 Å². The van der Waals surface area contributed by atoms with Crippen LogP contribution in [-0.2, 0) is 19.4 Å². The summed E-state index contributed by atoms with van der Waals surface area (Å²) in [5, 5.41) is 11.2. The molecule has 2 aromatic rings. The quantitative estimate of drug-likeness (QED) is 0.845. The standard InChI is InChI=1S/C14H20N4/c1-18(2)11-14-13(15-17-16-14)10-6-9-12-7-4-3-5-8-12/h3-5,7-8H,6,9-11H2,1-2H3,(H,15,16,17). The number of aromatic nitrogens is 3. The number of aromatic amines is 1. The summed E-state index contributed by atoms with van der Waals surface area (Å²) in [7, 11) is 4.09. The molecule has 1 N–H and O–H groups in total. The van der Waals surface area contributed by atoms with Crippen molar-refractivity contribution in [2.75, 3.05) is 14.1 Å². The van der Waals surface area contributed by atoms with Gasteiger partial charge in [-0.15, -0.1) is 0 Å². The summed E-state index contributed by atoms with van der Waals surface area (Å²) in [6.45, 7) is 0.844. The fourth-order valence-electron chi connectivity index (χ4n) is 2.01. The van der Waals surface area contributed by atoms with Crippen molar-refractivity contribution < 1.29 is 0 Å². The Hall–Kier alpha value is -1.68. The summed E-state index contributed by atoms with van der Waals surface area (Å²) in [6.07, 6.45) is 3.18. The Morgan fingerprint density at radius 2 is 1.72 bits per heavy atom. The van der Waals surface area contributed by atoms with E-state index in [0.717, 1.165) is 37.2 Å². The Kier molecular flexibility index (Phi) is 4.47. The minimum atomic E-state index is 0.844. The van der Waals surface area contributed by atoms with Crippen LogP contribution < -0.4 is 0 Å². The van der Waals surface area contributed by atoms with Crippen LogP contribution in [0.3, 0.4) is 0 Å². The van der Waals surface area contributed by atoms with Gasteiger partial charge in [-0.05, 0) is 38.9 Å². The van der Waals surface area contributed by atoms with E-state index in [1.165, 1.54) is 5.56 Å². The molecule has 0 fully saturated rings. The molecule has 0 bridgehead atoms. The molecule has 4 heteroatoms. The third-order valence-corrected chi connectivity index (χ3v) is 2.89. The van der Waals surface area contributed by atoms with E-state index in [9.17, 15) is 0 Å². The second kappa shape index (κ2) is 6.31. The summed E-state index contributed by atoms with van der Waals surface area (Å²) in [5.74, 6) is 0. The molecule has 96 valence electrons. The van der Waals surface area contributed by atoms with E-state index in [0.29, 0.717) is 0 Å². The number of aryl methyl sites for hydroxylation is 2. The van der Waals surface area contributed by atoms with Gasteiger partial charge in [-0.3, -0.25) is 0 Å². The number of benzene rings is 1. The first-order chi connectivity index (χ1) is 8.75. The normalized spacial score (nSPS) is 11.1. The fourth-order valence-corrected chi connectivity index (χ4v) is 2.01. The molecule has 0 unspecified atom stereocenters. The average Bonchev–Trinajstić information content (AvgIpc) is 2.77. The molecule has 0 saturated heterocycles. The monoisotopic (exact) mass is 244 g/mol. The number of nitrogens with zero attached hydrogens (tertiary/aromatic N) is 3. The number of rotatable bonds is 6. The van der Waals surface area contributed by atoms with Gasteiger partial charge in [0, 0.05) is 6.54 Å². The Labute approximate surface area is 108 Å². The highest BCUT2D eigenvalue weighted by molar-refractivity contribution is 5.15. The molecule has 0 aliphatic heterocycles. The molecular weight excluding hydrogens is 224 g/mol. The van der Waals surface area contributed by atoms with Gasteiger partial charge in [0.2, 0.25) is 0 Å². The van der Waals surface area contributed by atoms with Crippen molar-refractivity contribution in [1.29, 1.82) is 0 Å². The molecule has 0 amide bonds. The van der Waals surface area contributed by atoms with Crippen LogP contribution in [-0.4, -0.2) is 34.4 Å². The zero-order valence-corrected chi connectivity index (χ0v) is 11.1. The zero-order valence-electron chi connectivity index (χ0n) is 11.1. The first-order valence-corrected chi connectivity index (χ1v) is 6.33. The number of hydrogen-bond donors (Lipinski definition) is 1. The van der Waals surface area contributed by atoms with E-state index in [1.54, 1.807) is 0 Å². The van der Waals surface area contributed by atoms with Crippen LogP contribution in [0.25, 0.3) is 0 Å². The maximum Gasteiger partial charge on any atom is 0.0996 e. The Morgan fingerprint density at radius 1 is 1.00 bits per heavy atom. The first kappa shape index (κ1) is 12.8. The van der Waals surface area contributed by atoms with Crippen molar-refractivity contribution in [3.05, 3.63) is 47.3 Å². The van der Waals surface area contributed by atoms with E-state index < -0.39 is 0 Å². The van der Waals surface area contributed by atoms with Gasteiger partial charge in [0.05, 0.1) is 11.4 Å². The van der Waals surface area contributed by atoms with Gasteiger partial charge in [0.15, 0.2) is 0 Å². The van der Waals surface area contributed by atoms with Crippen molar-refractivity contribution in [2.45, 2.75) is 25.8 Å². The van der Waals surface area contributed by atoms with Gasteiger partial charge in [-0.25, -0.2) is 0 Å². The second-order valence-corrected chi connectivity index (χ2v) is 4.79. The topological polar surface area (TPSA) is 44.8 Å². The van der Waals surface area contributed by atoms with Crippen molar-refractivity contribution in [2.24, 2.45) is 0 Å². The van der Waals surface area contributed by atoms with Crippen LogP contribution in [0, 0.1) is 0 Å². The molecule has 0 spiro atoms. The van der Waals surface area contributed by atoms with Crippen LogP contribution in [0.4, 0.5) is 0 Å². The molecule has 0 aliphatic carbocycles. The maximum atomic E-state index is 4.24. The van der Waals surface area contributed by atoms with Gasteiger partial charge in [-0.1, -0.05) is 30.3 Å². The minimum absolute atomic E-state index is 0.844. The molecule has 0 saturated carbocycles. The lowest BCUT2D eigenvalue weighted by atomic mass is 10.1. The number of hydrogen-bond acceptors (Lipinski definition) is 3. The van der Waals surface area contributed by atoms with Crippen LogP contribution in [0.2, 0.25) is 0 Å². The molecule has 0 aliphatic rings. The second-order valence-electron chi connectivity index (χ2n) is 4.79. The highest BCUT2D eigenvalue weighted by Crippen LogP contribution is 2.09. The fraction of sp³-hybridized carbons (Fsp3) is 0.429. The predicted octanol–water partition coefficient (Wildman–Crippen LogP) is 2.04. The number of nitrogens with one attached hydrogen (secondary N) is 1. The third-order valence-electron chi connectivity index (χ3n) is 2.89. The number of H-pyrrole nitrogens is 1. The lowest BCUT2D eigenvalue weighted by Crippen LogP contribution is -2.12. The Bertz CT molecular complexity index is 462. The molecule has 4 nitrogen and oxygen atoms in total. The van der Waals surface area contributed by atoms with Crippen molar-refractivity contribution in [3.63, 3.8) is 0 Å². The summed E-state index contributed by atoms with van der Waals surface area (Å²) >= 11 is 0. The lowest BCUT2D eigenvalue weighted by molar-refractivity contribution is 0.394. The van der Waals surface area contributed by atoms with Crippen LogP contribution >= 0.6 is 0 Å². The third kappa shape index (κ3) is 3.67. The molecule has 0 radical (unpaired) electrons. The van der Waals surface area contributed by atoms with Crippen molar-refractivity contribution in [3.8, 4) is 0 Å². The summed E-state index contributed by atoms with van der Waals surface area (Å²) in [5.41, 5.74) is 3.54. The van der Waals surface area contributed by atoms with E-state index >= 15 is 0 Å². The molecule has 1 aromatic heterocycles. The highest BCUT2D eigenvalue weighted by Gasteiger charge is 2.08. The Balaban J connectivity index is 1.85. The minimum Gasteiger partial charge on any atom is -0.303 e. The summed E-state index contributed by atoms with van der Waals surface area (Å²) in [4.78, 5) is 2.11. The van der Waals surface area contributed by atoms with Crippen LogP contribution in [0.5, 0.6) is 0 Å². The van der Waals surface area contributed by atoms with Crippen molar-refractivity contribution >= 4 is 0 Å². The zero-order chi connectivity index (χ0) is 12.8. The lowest BCUT2D eigenvalue weighted by Gasteiger charge is -2.07. The van der Waals surface area contributed by atoms with Gasteiger partial charge in [0.25, 0.3) is 0 Å². The summed E-state index contributed by atoms with van der Waals surface area (Å²) < 4.78 is 0. The van der Waals surface area contributed by atoms with Gasteiger partial charge >= 0.3 is 0 Å². The molecule has 1 aromatic carbocycles. The molecule has 1 heterocycles. The van der Waals surface area contributed by atoms with E-state index in [2.05, 4.69) is 50.6 Å². The first-order valence-electron chi connectivity index (χ1n) is 6.33.